The molecule has 0 unspecified atom stereocenters. The van der Waals surface area contributed by atoms with Crippen LogP contribution in [-0.4, -0.2) is 88.1 Å². The van der Waals surface area contributed by atoms with Crippen LogP contribution >= 0.6 is 11.3 Å². The van der Waals surface area contributed by atoms with Gasteiger partial charge >= 0.3 is 0 Å². The first kappa shape index (κ1) is 21.4. The van der Waals surface area contributed by atoms with Gasteiger partial charge in [0.05, 0.1) is 12.1 Å². The number of carbonyl (C=O) groups excluding carboxylic acids is 1. The van der Waals surface area contributed by atoms with E-state index in [0.717, 1.165) is 84.2 Å². The first-order valence-corrected chi connectivity index (χ1v) is 12.3. The van der Waals surface area contributed by atoms with Gasteiger partial charge in [-0.1, -0.05) is 23.5 Å². The number of piperidine rings is 1. The molecule has 2 saturated heterocycles. The molecule has 0 aliphatic carbocycles. The number of amides is 1. The fourth-order valence-electron chi connectivity index (χ4n) is 4.76. The lowest BCUT2D eigenvalue weighted by Gasteiger charge is -2.42. The molecule has 0 N–H and O–H groups in total. The van der Waals surface area contributed by atoms with E-state index in [1.165, 1.54) is 0 Å². The number of hydrogen-bond acceptors (Lipinski definition) is 7. The summed E-state index contributed by atoms with van der Waals surface area (Å²) < 4.78 is 0. The fourth-order valence-corrected chi connectivity index (χ4v) is 5.45. The van der Waals surface area contributed by atoms with Gasteiger partial charge in [-0.2, -0.15) is 0 Å². The summed E-state index contributed by atoms with van der Waals surface area (Å²) in [7, 11) is 2.19. The van der Waals surface area contributed by atoms with Gasteiger partial charge in [0.2, 0.25) is 5.91 Å². The molecule has 2 aliphatic heterocycles. The van der Waals surface area contributed by atoms with Crippen molar-refractivity contribution in [3.8, 4) is 10.6 Å². The van der Waals surface area contributed by atoms with Crippen molar-refractivity contribution in [3.63, 3.8) is 0 Å². The Morgan fingerprint density at radius 3 is 2.53 bits per heavy atom. The molecule has 168 valence electrons. The zero-order chi connectivity index (χ0) is 22.1. The fraction of sp³-hybridized carbons (Fsp3) is 0.500. The highest BCUT2D eigenvalue weighted by molar-refractivity contribution is 7.14. The van der Waals surface area contributed by atoms with Gasteiger partial charge < -0.3 is 9.80 Å². The normalized spacial score (nSPS) is 19.0. The van der Waals surface area contributed by atoms with Crippen LogP contribution in [0.25, 0.3) is 21.3 Å². The molecule has 1 amide bonds. The third-order valence-electron chi connectivity index (χ3n) is 6.76. The second kappa shape index (κ2) is 9.21. The van der Waals surface area contributed by atoms with E-state index in [1.54, 1.807) is 11.3 Å². The molecule has 32 heavy (non-hydrogen) atoms. The highest BCUT2D eigenvalue weighted by Gasteiger charge is 2.28. The first-order valence-electron chi connectivity index (χ1n) is 11.4. The number of pyridine rings is 1. The number of benzene rings is 1. The number of nitrogens with zero attached hydrogens (tertiary/aromatic N) is 6. The monoisotopic (exact) mass is 450 g/mol. The van der Waals surface area contributed by atoms with Crippen molar-refractivity contribution in [2.45, 2.75) is 32.2 Å². The number of carbonyl (C=O) groups is 1. The summed E-state index contributed by atoms with van der Waals surface area (Å²) in [5.74, 6) is 0.185. The van der Waals surface area contributed by atoms with Crippen LogP contribution in [-0.2, 0) is 11.2 Å². The summed E-state index contributed by atoms with van der Waals surface area (Å²) in [6, 6.07) is 8.89. The largest absolute Gasteiger partial charge is 0.342 e. The van der Waals surface area contributed by atoms with Crippen molar-refractivity contribution in [2.75, 3.05) is 46.3 Å². The number of aryl methyl sites for hydroxylation is 1. The average molecular weight is 451 g/mol. The minimum Gasteiger partial charge on any atom is -0.342 e. The van der Waals surface area contributed by atoms with Crippen LogP contribution < -0.4 is 0 Å². The molecule has 3 aromatic rings. The molecule has 0 saturated carbocycles. The Morgan fingerprint density at radius 2 is 1.81 bits per heavy atom. The summed E-state index contributed by atoms with van der Waals surface area (Å²) in [6.45, 7) is 8.25. The highest BCUT2D eigenvalue weighted by atomic mass is 32.1. The Hall–Kier alpha value is -2.42. The number of likely N-dealkylation sites (tertiary alicyclic amines) is 1. The maximum Gasteiger partial charge on any atom is 0.228 e. The number of piperazine rings is 1. The summed E-state index contributed by atoms with van der Waals surface area (Å²) in [4.78, 5) is 24.6. The zero-order valence-corrected chi connectivity index (χ0v) is 19.6. The van der Waals surface area contributed by atoms with E-state index in [2.05, 4.69) is 50.2 Å². The minimum atomic E-state index is 0.185. The summed E-state index contributed by atoms with van der Waals surface area (Å²) in [5, 5.41) is 12.4. The number of aromatic nitrogens is 3. The highest BCUT2D eigenvalue weighted by Crippen LogP contribution is 2.27. The second-order valence-corrected chi connectivity index (χ2v) is 10.2. The van der Waals surface area contributed by atoms with E-state index in [9.17, 15) is 4.79 Å². The SMILES string of the molecule is Cc1nnc(-c2ccc3cnc(CC(=O)N4CCC(N5CCN(C)CC5)CC4)cc3c2)s1. The Bertz CT molecular complexity index is 1100. The lowest BCUT2D eigenvalue weighted by Crippen LogP contribution is -2.53. The molecule has 5 rings (SSSR count). The van der Waals surface area contributed by atoms with Crippen LogP contribution in [0.3, 0.4) is 0 Å². The van der Waals surface area contributed by atoms with Gasteiger partial charge in [-0.05, 0) is 44.3 Å². The van der Waals surface area contributed by atoms with Crippen LogP contribution in [0.2, 0.25) is 0 Å². The van der Waals surface area contributed by atoms with Crippen LogP contribution in [0.15, 0.2) is 30.5 Å². The van der Waals surface area contributed by atoms with E-state index >= 15 is 0 Å². The Balaban J connectivity index is 1.22. The predicted molar refractivity (Wildman–Crippen MR) is 128 cm³/mol. The van der Waals surface area contributed by atoms with Gasteiger partial charge in [-0.15, -0.1) is 10.2 Å². The van der Waals surface area contributed by atoms with Gasteiger partial charge in [0, 0.05) is 62.5 Å². The van der Waals surface area contributed by atoms with Crippen LogP contribution in [0.4, 0.5) is 0 Å². The minimum absolute atomic E-state index is 0.185. The van der Waals surface area contributed by atoms with Gasteiger partial charge in [-0.25, -0.2) is 0 Å². The molecule has 0 bridgehead atoms. The number of rotatable bonds is 4. The van der Waals surface area contributed by atoms with E-state index < -0.39 is 0 Å². The van der Waals surface area contributed by atoms with Gasteiger partial charge in [0.15, 0.2) is 0 Å². The average Bonchev–Trinajstić information content (AvgIpc) is 3.25. The summed E-state index contributed by atoms with van der Waals surface area (Å²) >= 11 is 1.59. The maximum absolute atomic E-state index is 13.0. The van der Waals surface area contributed by atoms with E-state index in [4.69, 9.17) is 0 Å². The third kappa shape index (κ3) is 4.67. The van der Waals surface area contributed by atoms with Crippen LogP contribution in [0.5, 0.6) is 0 Å². The van der Waals surface area contributed by atoms with Gasteiger partial charge in [0.25, 0.3) is 0 Å². The zero-order valence-electron chi connectivity index (χ0n) is 18.8. The lowest BCUT2D eigenvalue weighted by molar-refractivity contribution is -0.132. The van der Waals surface area contributed by atoms with Crippen LogP contribution in [0.1, 0.15) is 23.5 Å². The molecule has 8 heteroatoms. The predicted octanol–water partition coefficient (Wildman–Crippen LogP) is 2.84. The molecule has 2 aliphatic rings. The van der Waals surface area contributed by atoms with Crippen molar-refractivity contribution >= 4 is 28.0 Å². The second-order valence-electron chi connectivity index (χ2n) is 8.99. The molecule has 0 spiro atoms. The molecule has 2 aromatic heterocycles. The van der Waals surface area contributed by atoms with Crippen molar-refractivity contribution in [2.24, 2.45) is 0 Å². The third-order valence-corrected chi connectivity index (χ3v) is 7.64. The van der Waals surface area contributed by atoms with Gasteiger partial charge in [-0.3, -0.25) is 14.7 Å². The summed E-state index contributed by atoms with van der Waals surface area (Å²) in [6.07, 6.45) is 4.38. The van der Waals surface area contributed by atoms with E-state index in [0.29, 0.717) is 12.5 Å². The van der Waals surface area contributed by atoms with Gasteiger partial charge in [0.1, 0.15) is 10.0 Å². The van der Waals surface area contributed by atoms with E-state index in [1.807, 2.05) is 24.1 Å². The topological polar surface area (TPSA) is 65.5 Å². The molecular formula is C24H30N6OS. The Kier molecular flexibility index (Phi) is 6.17. The first-order chi connectivity index (χ1) is 15.5. The summed E-state index contributed by atoms with van der Waals surface area (Å²) in [5.41, 5.74) is 1.88. The lowest BCUT2D eigenvalue weighted by atomic mass is 10.0. The standard InChI is InChI=1S/C24H30N6OS/c1-17-26-27-24(32-17)18-3-4-19-16-25-21(14-20(19)13-18)15-23(31)30-7-5-22(6-8-30)29-11-9-28(2)10-12-29/h3-4,13-14,16,22H,5-12,15H2,1-2H3. The van der Waals surface area contributed by atoms with Crippen molar-refractivity contribution in [1.82, 2.24) is 29.9 Å². The Morgan fingerprint density at radius 1 is 1.03 bits per heavy atom. The maximum atomic E-state index is 13.0. The number of likely N-dealkylation sites (N-methyl/N-ethyl adjacent to an activating group) is 1. The van der Waals surface area contributed by atoms with Crippen molar-refractivity contribution in [3.05, 3.63) is 41.2 Å². The molecule has 0 radical (unpaired) electrons. The number of fused-ring (bicyclic) bond motifs is 1. The number of hydrogen-bond donors (Lipinski definition) is 0. The van der Waals surface area contributed by atoms with Crippen molar-refractivity contribution in [1.29, 1.82) is 0 Å². The van der Waals surface area contributed by atoms with Crippen LogP contribution in [0, 0.1) is 6.92 Å². The molecular weight excluding hydrogens is 420 g/mol. The molecule has 2 fully saturated rings. The quantitative estimate of drug-likeness (QED) is 0.609. The molecule has 1 aromatic carbocycles. The van der Waals surface area contributed by atoms with Crippen molar-refractivity contribution < 1.29 is 4.79 Å². The molecule has 7 nitrogen and oxygen atoms in total. The smallest absolute Gasteiger partial charge is 0.228 e. The Labute approximate surface area is 193 Å². The molecule has 0 atom stereocenters. The van der Waals surface area contributed by atoms with E-state index in [-0.39, 0.29) is 5.91 Å². The molecule has 4 heterocycles.